The zero-order valence-electron chi connectivity index (χ0n) is 15.7. The van der Waals surface area contributed by atoms with E-state index in [4.69, 9.17) is 5.73 Å². The van der Waals surface area contributed by atoms with Crippen molar-refractivity contribution in [3.05, 3.63) is 59.2 Å². The second kappa shape index (κ2) is 9.55. The van der Waals surface area contributed by atoms with Gasteiger partial charge in [0, 0.05) is 23.3 Å². The van der Waals surface area contributed by atoms with Crippen LogP contribution in [0.1, 0.15) is 47.2 Å². The molecule has 2 aromatic carbocycles. The van der Waals surface area contributed by atoms with Crippen molar-refractivity contribution in [3.63, 3.8) is 0 Å². The fourth-order valence-corrected chi connectivity index (χ4v) is 4.08. The summed E-state index contributed by atoms with van der Waals surface area (Å²) in [7, 11) is 0. The molecule has 0 saturated carbocycles. The molecule has 2 aromatic rings. The number of anilines is 1. The van der Waals surface area contributed by atoms with E-state index in [1.165, 1.54) is 35.7 Å². The van der Waals surface area contributed by atoms with Crippen LogP contribution < -0.4 is 11.1 Å². The summed E-state index contributed by atoms with van der Waals surface area (Å²) in [4.78, 5) is 36.6. The summed E-state index contributed by atoms with van der Waals surface area (Å²) in [6.07, 6.45) is 4.77. The minimum atomic E-state index is -0.415. The molecule has 0 bridgehead atoms. The van der Waals surface area contributed by atoms with Gasteiger partial charge in [0.25, 0.3) is 0 Å². The third kappa shape index (κ3) is 5.45. The number of benzene rings is 2. The van der Waals surface area contributed by atoms with Crippen molar-refractivity contribution < 1.29 is 14.4 Å². The normalized spacial score (nSPS) is 12.9. The first-order chi connectivity index (χ1) is 13.5. The van der Waals surface area contributed by atoms with Crippen LogP contribution in [0.2, 0.25) is 0 Å². The molecule has 0 heterocycles. The maximum absolute atomic E-state index is 12.5. The summed E-state index contributed by atoms with van der Waals surface area (Å²) in [5.74, 6) is -0.510. The molecule has 1 aliphatic rings. The third-order valence-electron chi connectivity index (χ3n) is 4.78. The van der Waals surface area contributed by atoms with Gasteiger partial charge in [-0.25, -0.2) is 0 Å². The highest BCUT2D eigenvalue weighted by molar-refractivity contribution is 8.00. The van der Waals surface area contributed by atoms with Crippen LogP contribution >= 0.6 is 11.8 Å². The fraction of sp³-hybridized carbons (Fsp3) is 0.318. The molecule has 0 aliphatic heterocycles. The minimum Gasteiger partial charge on any atom is -0.369 e. The summed E-state index contributed by atoms with van der Waals surface area (Å²) >= 11 is 1.28. The number of nitrogens with one attached hydrogen (secondary N) is 1. The first-order valence-corrected chi connectivity index (χ1v) is 10.5. The van der Waals surface area contributed by atoms with Crippen LogP contribution in [-0.2, 0) is 22.4 Å². The fourth-order valence-electron chi connectivity index (χ4n) is 3.34. The minimum absolute atomic E-state index is 0.0140. The molecule has 6 heteroatoms. The van der Waals surface area contributed by atoms with Gasteiger partial charge in [-0.2, -0.15) is 0 Å². The smallest absolute Gasteiger partial charge is 0.227 e. The Hall–Kier alpha value is -2.60. The quantitative estimate of drug-likeness (QED) is 0.525. The molecular formula is C22H24N2O3S. The average molecular weight is 397 g/mol. The Labute approximate surface area is 169 Å². The predicted octanol–water partition coefficient (Wildman–Crippen LogP) is 3.74. The Morgan fingerprint density at radius 1 is 0.964 bits per heavy atom. The Kier molecular flexibility index (Phi) is 6.87. The zero-order chi connectivity index (χ0) is 19.9. The summed E-state index contributed by atoms with van der Waals surface area (Å²) in [5.41, 5.74) is 9.10. The molecule has 0 unspecified atom stereocenters. The van der Waals surface area contributed by atoms with Crippen LogP contribution in [0.3, 0.4) is 0 Å². The molecule has 3 N–H and O–H groups in total. The van der Waals surface area contributed by atoms with E-state index < -0.39 is 5.91 Å². The third-order valence-corrected chi connectivity index (χ3v) is 5.88. The second-order valence-electron chi connectivity index (χ2n) is 6.91. The van der Waals surface area contributed by atoms with Crippen LogP contribution in [0.15, 0.2) is 47.4 Å². The highest BCUT2D eigenvalue weighted by atomic mass is 32.2. The lowest BCUT2D eigenvalue weighted by Gasteiger charge is -2.16. The van der Waals surface area contributed by atoms with Gasteiger partial charge in [-0.15, -0.1) is 11.8 Å². The van der Waals surface area contributed by atoms with Gasteiger partial charge in [0.2, 0.25) is 11.8 Å². The number of aryl methyl sites for hydroxylation is 2. The maximum atomic E-state index is 12.5. The van der Waals surface area contributed by atoms with Gasteiger partial charge in [0.05, 0.1) is 11.4 Å². The number of ketones is 1. The number of hydrogen-bond acceptors (Lipinski definition) is 4. The van der Waals surface area contributed by atoms with E-state index in [1.54, 1.807) is 6.07 Å². The van der Waals surface area contributed by atoms with Crippen LogP contribution in [0, 0.1) is 0 Å². The molecule has 3 rings (SSSR count). The van der Waals surface area contributed by atoms with Crippen molar-refractivity contribution in [2.24, 2.45) is 5.73 Å². The number of rotatable bonds is 8. The van der Waals surface area contributed by atoms with Gasteiger partial charge in [0.15, 0.2) is 5.78 Å². The zero-order valence-corrected chi connectivity index (χ0v) is 16.5. The van der Waals surface area contributed by atoms with Crippen molar-refractivity contribution in [2.75, 3.05) is 11.1 Å². The lowest BCUT2D eigenvalue weighted by atomic mass is 9.89. The molecule has 0 atom stereocenters. The van der Waals surface area contributed by atoms with E-state index in [0.717, 1.165) is 17.7 Å². The number of carbonyl (C=O) groups is 3. The number of Topliss-reactive ketones (excluding diaryl/α,β-unsaturated/α-hetero) is 1. The van der Waals surface area contributed by atoms with Gasteiger partial charge in [0.1, 0.15) is 0 Å². The van der Waals surface area contributed by atoms with E-state index >= 15 is 0 Å². The van der Waals surface area contributed by atoms with Gasteiger partial charge < -0.3 is 11.1 Å². The van der Waals surface area contributed by atoms with Gasteiger partial charge in [-0.05, 0) is 55.0 Å². The van der Waals surface area contributed by atoms with E-state index in [1.807, 2.05) is 36.4 Å². The number of para-hydroxylation sites is 1. The highest BCUT2D eigenvalue weighted by Crippen LogP contribution is 2.27. The monoisotopic (exact) mass is 396 g/mol. The van der Waals surface area contributed by atoms with Crippen molar-refractivity contribution in [2.45, 2.75) is 43.4 Å². The molecule has 0 fully saturated rings. The Morgan fingerprint density at radius 2 is 1.71 bits per heavy atom. The highest BCUT2D eigenvalue weighted by Gasteiger charge is 2.15. The molecule has 0 radical (unpaired) electrons. The van der Waals surface area contributed by atoms with Crippen LogP contribution in [0.4, 0.5) is 5.69 Å². The van der Waals surface area contributed by atoms with E-state index in [2.05, 4.69) is 5.32 Å². The molecule has 28 heavy (non-hydrogen) atoms. The lowest BCUT2D eigenvalue weighted by Crippen LogP contribution is -2.15. The Bertz CT molecular complexity index is 895. The molecule has 5 nitrogen and oxygen atoms in total. The summed E-state index contributed by atoms with van der Waals surface area (Å²) in [6.45, 7) is 0. The van der Waals surface area contributed by atoms with Crippen LogP contribution in [0.25, 0.3) is 0 Å². The van der Waals surface area contributed by atoms with Gasteiger partial charge in [-0.1, -0.05) is 24.3 Å². The largest absolute Gasteiger partial charge is 0.369 e. The number of fused-ring (bicyclic) bond motifs is 1. The molecule has 2 amide bonds. The van der Waals surface area contributed by atoms with E-state index in [9.17, 15) is 14.4 Å². The standard InChI is InChI=1S/C22H24N2O3S/c23-21(26)14-28-20-8-4-3-7-18(20)24-22(27)12-11-19(25)17-10-9-15-5-1-2-6-16(15)13-17/h3-4,7-10,13H,1-2,5-6,11-12,14H2,(H2,23,26)(H,24,27). The number of amides is 2. The second-order valence-corrected chi connectivity index (χ2v) is 7.93. The van der Waals surface area contributed by atoms with E-state index in [-0.39, 0.29) is 30.3 Å². The van der Waals surface area contributed by atoms with Crippen LogP contribution in [-0.4, -0.2) is 23.4 Å². The predicted molar refractivity (Wildman–Crippen MR) is 112 cm³/mol. The molecular weight excluding hydrogens is 372 g/mol. The van der Waals surface area contributed by atoms with Crippen molar-refractivity contribution in [1.29, 1.82) is 0 Å². The molecule has 0 aromatic heterocycles. The molecule has 1 aliphatic carbocycles. The average Bonchev–Trinajstić information content (AvgIpc) is 2.71. The number of carbonyl (C=O) groups excluding carboxylic acids is 3. The number of hydrogen-bond donors (Lipinski definition) is 2. The van der Waals surface area contributed by atoms with Gasteiger partial charge >= 0.3 is 0 Å². The number of primary amides is 1. The van der Waals surface area contributed by atoms with Crippen molar-refractivity contribution in [1.82, 2.24) is 0 Å². The van der Waals surface area contributed by atoms with Crippen molar-refractivity contribution in [3.8, 4) is 0 Å². The molecule has 0 saturated heterocycles. The number of thioether (sulfide) groups is 1. The molecule has 146 valence electrons. The summed E-state index contributed by atoms with van der Waals surface area (Å²) in [5, 5.41) is 2.83. The van der Waals surface area contributed by atoms with Gasteiger partial charge in [-0.3, -0.25) is 14.4 Å². The Balaban J connectivity index is 1.56. The lowest BCUT2D eigenvalue weighted by molar-refractivity contribution is -0.116. The topological polar surface area (TPSA) is 89.3 Å². The molecule has 0 spiro atoms. The maximum Gasteiger partial charge on any atom is 0.227 e. The number of nitrogens with two attached hydrogens (primary N) is 1. The SMILES string of the molecule is NC(=O)CSc1ccccc1NC(=O)CCC(=O)c1ccc2c(c1)CCCC2. The summed E-state index contributed by atoms with van der Waals surface area (Å²) in [6, 6.07) is 13.1. The van der Waals surface area contributed by atoms with Crippen LogP contribution in [0.5, 0.6) is 0 Å². The van der Waals surface area contributed by atoms with E-state index in [0.29, 0.717) is 11.3 Å². The summed E-state index contributed by atoms with van der Waals surface area (Å²) < 4.78 is 0. The first kappa shape index (κ1) is 20.1. The first-order valence-electron chi connectivity index (χ1n) is 9.48. The Morgan fingerprint density at radius 3 is 2.50 bits per heavy atom. The van der Waals surface area contributed by atoms with Crippen molar-refractivity contribution >= 4 is 35.0 Å².